The summed E-state index contributed by atoms with van der Waals surface area (Å²) < 4.78 is 9.41. The predicted octanol–water partition coefficient (Wildman–Crippen LogP) is 0.415. The smallest absolute Gasteiger partial charge is 0.317 e. The minimum Gasteiger partial charge on any atom is -0.468 e. The third-order valence-corrected chi connectivity index (χ3v) is 2.14. The van der Waals surface area contributed by atoms with Crippen molar-refractivity contribution in [2.75, 3.05) is 26.2 Å². The Morgan fingerprint density at radius 3 is 2.50 bits per heavy atom. The van der Waals surface area contributed by atoms with E-state index in [1.807, 2.05) is 0 Å². The second-order valence-electron chi connectivity index (χ2n) is 2.40. The average molecular weight is 165 g/mol. The van der Waals surface area contributed by atoms with Crippen LogP contribution in [0.15, 0.2) is 0 Å². The van der Waals surface area contributed by atoms with E-state index in [0.717, 1.165) is 0 Å². The van der Waals surface area contributed by atoms with Gasteiger partial charge in [-0.2, -0.15) is 0 Å². The van der Waals surface area contributed by atoms with Crippen LogP contribution in [0.25, 0.3) is 0 Å². The van der Waals surface area contributed by atoms with Gasteiger partial charge in [-0.3, -0.25) is 4.79 Å². The second kappa shape index (κ2) is 2.76. The molecular weight excluding hydrogens is 156 g/mol. The first-order valence-electron chi connectivity index (χ1n) is 2.97. The first-order valence-corrected chi connectivity index (χ1v) is 3.51. The molecule has 3 nitrogen and oxygen atoms in total. The van der Waals surface area contributed by atoms with Crippen molar-refractivity contribution in [3.05, 3.63) is 0 Å². The SMILES string of the molecule is COC(=O)C1(CCl)COC1. The summed E-state index contributed by atoms with van der Waals surface area (Å²) in [6.45, 7) is 0.784. The van der Waals surface area contributed by atoms with Crippen molar-refractivity contribution >= 4 is 17.6 Å². The molecule has 1 aliphatic rings. The molecule has 1 aliphatic heterocycles. The maximum atomic E-state index is 11.0. The van der Waals surface area contributed by atoms with Crippen LogP contribution in [-0.2, 0) is 14.3 Å². The van der Waals surface area contributed by atoms with Crippen molar-refractivity contribution in [2.45, 2.75) is 0 Å². The Morgan fingerprint density at radius 2 is 2.40 bits per heavy atom. The molecule has 1 fully saturated rings. The van der Waals surface area contributed by atoms with E-state index in [2.05, 4.69) is 4.74 Å². The highest BCUT2D eigenvalue weighted by Gasteiger charge is 2.46. The molecule has 1 heterocycles. The lowest BCUT2D eigenvalue weighted by atomic mass is 9.89. The number of alkyl halides is 1. The molecule has 0 spiro atoms. The number of ether oxygens (including phenoxy) is 2. The molecule has 1 rings (SSSR count). The molecule has 1 saturated heterocycles. The Labute approximate surface area is 64.3 Å². The van der Waals surface area contributed by atoms with E-state index >= 15 is 0 Å². The molecule has 0 bridgehead atoms. The Balaban J connectivity index is 2.55. The lowest BCUT2D eigenvalue weighted by molar-refractivity contribution is -0.178. The number of rotatable bonds is 2. The van der Waals surface area contributed by atoms with Gasteiger partial charge >= 0.3 is 5.97 Å². The highest BCUT2D eigenvalue weighted by Crippen LogP contribution is 2.29. The average Bonchev–Trinajstić information content (AvgIpc) is 1.86. The van der Waals surface area contributed by atoms with Gasteiger partial charge in [-0.15, -0.1) is 11.6 Å². The van der Waals surface area contributed by atoms with Gasteiger partial charge in [-0.1, -0.05) is 0 Å². The second-order valence-corrected chi connectivity index (χ2v) is 2.67. The molecule has 0 aliphatic carbocycles. The highest BCUT2D eigenvalue weighted by molar-refractivity contribution is 6.19. The maximum absolute atomic E-state index is 11.0. The minimum absolute atomic E-state index is 0.270. The van der Waals surface area contributed by atoms with E-state index in [-0.39, 0.29) is 11.8 Å². The molecule has 10 heavy (non-hydrogen) atoms. The third kappa shape index (κ3) is 0.995. The van der Waals surface area contributed by atoms with Crippen LogP contribution >= 0.6 is 11.6 Å². The summed E-state index contributed by atoms with van der Waals surface area (Å²) in [5.41, 5.74) is -0.545. The standard InChI is InChI=1S/C6H9ClO3/c1-9-5(8)6(2-7)3-10-4-6/h2-4H2,1H3. The number of carbonyl (C=O) groups is 1. The van der Waals surface area contributed by atoms with E-state index in [0.29, 0.717) is 13.2 Å². The molecule has 0 radical (unpaired) electrons. The normalized spacial score (nSPS) is 21.4. The fraction of sp³-hybridized carbons (Fsp3) is 0.833. The van der Waals surface area contributed by atoms with Crippen LogP contribution in [0.1, 0.15) is 0 Å². The zero-order valence-electron chi connectivity index (χ0n) is 5.72. The molecule has 0 atom stereocenters. The molecule has 0 saturated carbocycles. The highest BCUT2D eigenvalue weighted by atomic mass is 35.5. The number of carbonyl (C=O) groups excluding carboxylic acids is 1. The zero-order valence-corrected chi connectivity index (χ0v) is 6.48. The summed E-state index contributed by atoms with van der Waals surface area (Å²) in [6.07, 6.45) is 0. The van der Waals surface area contributed by atoms with Gasteiger partial charge < -0.3 is 9.47 Å². The number of methoxy groups -OCH3 is 1. The molecule has 0 N–H and O–H groups in total. The molecule has 4 heteroatoms. The number of esters is 1. The van der Waals surface area contributed by atoms with E-state index in [1.165, 1.54) is 7.11 Å². The summed E-state index contributed by atoms with van der Waals surface area (Å²) in [4.78, 5) is 11.0. The summed E-state index contributed by atoms with van der Waals surface area (Å²) in [6, 6.07) is 0. The van der Waals surface area contributed by atoms with E-state index in [9.17, 15) is 4.79 Å². The van der Waals surface area contributed by atoms with Crippen molar-refractivity contribution in [3.63, 3.8) is 0 Å². The minimum atomic E-state index is -0.545. The quantitative estimate of drug-likeness (QED) is 0.438. The van der Waals surface area contributed by atoms with Crippen molar-refractivity contribution in [1.29, 1.82) is 0 Å². The molecule has 58 valence electrons. The number of hydrogen-bond acceptors (Lipinski definition) is 3. The largest absolute Gasteiger partial charge is 0.468 e. The number of hydrogen-bond donors (Lipinski definition) is 0. The van der Waals surface area contributed by atoms with E-state index in [1.54, 1.807) is 0 Å². The lowest BCUT2D eigenvalue weighted by Gasteiger charge is -2.36. The first kappa shape index (κ1) is 7.82. The van der Waals surface area contributed by atoms with Crippen LogP contribution in [-0.4, -0.2) is 32.2 Å². The molecule has 0 aromatic heterocycles. The topological polar surface area (TPSA) is 35.5 Å². The summed E-state index contributed by atoms with van der Waals surface area (Å²) >= 11 is 5.55. The summed E-state index contributed by atoms with van der Waals surface area (Å²) in [7, 11) is 1.36. The van der Waals surface area contributed by atoms with Crippen molar-refractivity contribution in [3.8, 4) is 0 Å². The Bertz CT molecular complexity index is 136. The van der Waals surface area contributed by atoms with Crippen LogP contribution in [0, 0.1) is 5.41 Å². The van der Waals surface area contributed by atoms with Crippen LogP contribution in [0.2, 0.25) is 0 Å². The summed E-state index contributed by atoms with van der Waals surface area (Å²) in [5.74, 6) is 0.00778. The van der Waals surface area contributed by atoms with Gasteiger partial charge in [-0.05, 0) is 0 Å². The van der Waals surface area contributed by atoms with Gasteiger partial charge in [0.2, 0.25) is 0 Å². The fourth-order valence-electron chi connectivity index (χ4n) is 0.815. The molecular formula is C6H9ClO3. The van der Waals surface area contributed by atoms with Crippen molar-refractivity contribution in [1.82, 2.24) is 0 Å². The van der Waals surface area contributed by atoms with E-state index < -0.39 is 5.41 Å². The summed E-state index contributed by atoms with van der Waals surface area (Å²) in [5, 5.41) is 0. The lowest BCUT2D eigenvalue weighted by Crippen LogP contribution is -2.51. The maximum Gasteiger partial charge on any atom is 0.317 e. The molecule has 0 amide bonds. The van der Waals surface area contributed by atoms with Crippen LogP contribution in [0.5, 0.6) is 0 Å². The zero-order chi connectivity index (χ0) is 7.61. The van der Waals surface area contributed by atoms with Crippen LogP contribution in [0.3, 0.4) is 0 Å². The molecule has 0 aromatic carbocycles. The Hall–Kier alpha value is -0.280. The molecule has 0 aromatic rings. The molecule has 0 unspecified atom stereocenters. The van der Waals surface area contributed by atoms with Crippen molar-refractivity contribution in [2.24, 2.45) is 5.41 Å². The number of halogens is 1. The fourth-order valence-corrected chi connectivity index (χ4v) is 1.08. The van der Waals surface area contributed by atoms with Crippen LogP contribution in [0.4, 0.5) is 0 Å². The van der Waals surface area contributed by atoms with Gasteiger partial charge in [0.05, 0.1) is 20.3 Å². The van der Waals surface area contributed by atoms with Crippen LogP contribution < -0.4 is 0 Å². The Kier molecular flexibility index (Phi) is 2.16. The first-order chi connectivity index (χ1) is 4.75. The monoisotopic (exact) mass is 164 g/mol. The predicted molar refractivity (Wildman–Crippen MR) is 36.0 cm³/mol. The Morgan fingerprint density at radius 1 is 1.80 bits per heavy atom. The van der Waals surface area contributed by atoms with Gasteiger partial charge in [0.15, 0.2) is 0 Å². The van der Waals surface area contributed by atoms with Crippen molar-refractivity contribution < 1.29 is 14.3 Å². The van der Waals surface area contributed by atoms with Gasteiger partial charge in [0, 0.05) is 5.88 Å². The van der Waals surface area contributed by atoms with E-state index in [4.69, 9.17) is 16.3 Å². The van der Waals surface area contributed by atoms with Gasteiger partial charge in [0.25, 0.3) is 0 Å². The third-order valence-electron chi connectivity index (χ3n) is 1.63. The van der Waals surface area contributed by atoms with Gasteiger partial charge in [-0.25, -0.2) is 0 Å². The van der Waals surface area contributed by atoms with Gasteiger partial charge in [0.1, 0.15) is 5.41 Å².